The average molecular weight is 505 g/mol. The third kappa shape index (κ3) is 4.01. The zero-order valence-corrected chi connectivity index (χ0v) is 22.3. The number of aliphatic hydroxyl groups is 4. The van der Waals surface area contributed by atoms with Crippen LogP contribution in [-0.4, -0.2) is 61.7 Å². The lowest BCUT2D eigenvalue weighted by atomic mass is 9.63. The van der Waals surface area contributed by atoms with Gasteiger partial charge in [-0.25, -0.2) is 0 Å². The van der Waals surface area contributed by atoms with Crippen LogP contribution >= 0.6 is 0 Å². The van der Waals surface area contributed by atoms with Gasteiger partial charge in [0.25, 0.3) is 0 Å². The Morgan fingerprint density at radius 3 is 2.36 bits per heavy atom. The smallest absolute Gasteiger partial charge is 0.306 e. The number of ketones is 1. The Hall–Kier alpha value is -1.54. The largest absolute Gasteiger partial charge is 0.455 e. The van der Waals surface area contributed by atoms with Gasteiger partial charge in [-0.05, 0) is 24.5 Å². The van der Waals surface area contributed by atoms with Crippen LogP contribution in [0.25, 0.3) is 0 Å². The molecule has 0 aromatic heterocycles. The molecule has 0 spiro atoms. The van der Waals surface area contributed by atoms with Crippen LogP contribution < -0.4 is 0 Å². The highest BCUT2D eigenvalue weighted by Crippen LogP contribution is 2.75. The molecular weight excluding hydrogens is 460 g/mol. The van der Waals surface area contributed by atoms with Crippen molar-refractivity contribution in [1.29, 1.82) is 0 Å². The lowest BCUT2D eigenvalue weighted by molar-refractivity contribution is -0.195. The molecule has 202 valence electrons. The van der Waals surface area contributed by atoms with Gasteiger partial charge in [0.15, 0.2) is 5.78 Å². The quantitative estimate of drug-likeness (QED) is 0.204. The summed E-state index contributed by atoms with van der Waals surface area (Å²) in [6, 6.07) is 0. The van der Waals surface area contributed by atoms with Crippen molar-refractivity contribution in [2.75, 3.05) is 6.61 Å². The lowest BCUT2D eigenvalue weighted by Crippen LogP contribution is -2.60. The number of hydrogen-bond donors (Lipinski definition) is 4. The number of rotatable bonds is 10. The van der Waals surface area contributed by atoms with Crippen LogP contribution in [0.1, 0.15) is 91.9 Å². The average Bonchev–Trinajstić information content (AvgIpc) is 3.25. The topological polar surface area (TPSA) is 124 Å². The van der Waals surface area contributed by atoms with Gasteiger partial charge >= 0.3 is 5.97 Å². The molecule has 4 aliphatic carbocycles. The first-order chi connectivity index (χ1) is 16.9. The summed E-state index contributed by atoms with van der Waals surface area (Å²) >= 11 is 0. The molecule has 36 heavy (non-hydrogen) atoms. The van der Waals surface area contributed by atoms with E-state index in [1.54, 1.807) is 19.1 Å². The molecule has 2 fully saturated rings. The first-order valence-corrected chi connectivity index (χ1v) is 13.8. The van der Waals surface area contributed by atoms with Gasteiger partial charge in [-0.15, -0.1) is 0 Å². The third-order valence-corrected chi connectivity index (χ3v) is 9.72. The van der Waals surface area contributed by atoms with Gasteiger partial charge in [0, 0.05) is 42.4 Å². The minimum absolute atomic E-state index is 0.0755. The molecule has 0 amide bonds. The lowest BCUT2D eigenvalue weighted by Gasteiger charge is -2.48. The predicted molar refractivity (Wildman–Crippen MR) is 135 cm³/mol. The molecule has 0 aromatic carbocycles. The number of ether oxygens (including phenoxy) is 1. The van der Waals surface area contributed by atoms with Gasteiger partial charge in [-0.2, -0.15) is 0 Å². The minimum atomic E-state index is -1.87. The van der Waals surface area contributed by atoms with Crippen LogP contribution in [0.4, 0.5) is 0 Å². The first-order valence-electron chi connectivity index (χ1n) is 13.8. The summed E-state index contributed by atoms with van der Waals surface area (Å²) in [7, 11) is 0. The maximum Gasteiger partial charge on any atom is 0.306 e. The second-order valence-corrected chi connectivity index (χ2v) is 12.3. The molecule has 7 nitrogen and oxygen atoms in total. The zero-order valence-electron chi connectivity index (χ0n) is 22.3. The fraction of sp³-hybridized carbons (Fsp3) is 0.793. The van der Waals surface area contributed by atoms with Crippen molar-refractivity contribution in [3.63, 3.8) is 0 Å². The molecule has 0 aromatic rings. The number of hydrogen-bond acceptors (Lipinski definition) is 7. The Labute approximate surface area is 214 Å². The molecule has 7 heteroatoms. The van der Waals surface area contributed by atoms with Crippen LogP contribution in [0, 0.1) is 23.2 Å². The molecule has 0 heterocycles. The SMILES string of the molecule is CCCCCCCCCC(=O)O[C@@]12[C@H](O)C[C@]3(O)[C@H]4C=C(C)C(=O)[C@@]4(O)CC(CO)=C[C@H]3[C@H]1C2(C)C. The molecule has 0 aliphatic heterocycles. The maximum absolute atomic E-state index is 12.9. The third-order valence-electron chi connectivity index (χ3n) is 9.72. The number of carbonyl (C=O) groups is 2. The second kappa shape index (κ2) is 9.64. The number of esters is 1. The van der Waals surface area contributed by atoms with E-state index in [1.807, 2.05) is 13.8 Å². The molecule has 2 saturated carbocycles. The Kier molecular flexibility index (Phi) is 7.37. The zero-order chi connectivity index (χ0) is 26.5. The molecule has 4 aliphatic rings. The van der Waals surface area contributed by atoms with E-state index in [2.05, 4.69) is 6.92 Å². The summed E-state index contributed by atoms with van der Waals surface area (Å²) in [5, 5.41) is 45.0. The minimum Gasteiger partial charge on any atom is -0.455 e. The summed E-state index contributed by atoms with van der Waals surface area (Å²) < 4.78 is 6.07. The van der Waals surface area contributed by atoms with Crippen LogP contribution in [0.15, 0.2) is 23.3 Å². The predicted octanol–water partition coefficient (Wildman–Crippen LogP) is 3.38. The van der Waals surface area contributed by atoms with E-state index >= 15 is 0 Å². The summed E-state index contributed by atoms with van der Waals surface area (Å²) in [6.45, 7) is 7.31. The van der Waals surface area contributed by atoms with Crippen LogP contribution in [-0.2, 0) is 14.3 Å². The summed E-state index contributed by atoms with van der Waals surface area (Å²) in [5.41, 5.74) is -4.42. The normalized spacial score (nSPS) is 40.4. The Balaban J connectivity index is 1.54. The molecule has 0 bridgehead atoms. The highest BCUT2D eigenvalue weighted by atomic mass is 16.6. The van der Waals surface area contributed by atoms with Crippen molar-refractivity contribution >= 4 is 11.8 Å². The van der Waals surface area contributed by atoms with E-state index in [0.717, 1.165) is 19.3 Å². The molecule has 0 saturated heterocycles. The van der Waals surface area contributed by atoms with Crippen molar-refractivity contribution in [1.82, 2.24) is 0 Å². The number of aliphatic hydroxyl groups excluding tert-OH is 2. The maximum atomic E-state index is 12.9. The number of unbranched alkanes of at least 4 members (excludes halogenated alkanes) is 6. The molecule has 4 rings (SSSR count). The van der Waals surface area contributed by atoms with E-state index in [9.17, 15) is 30.0 Å². The van der Waals surface area contributed by atoms with E-state index in [4.69, 9.17) is 4.74 Å². The van der Waals surface area contributed by atoms with Crippen molar-refractivity contribution in [3.05, 3.63) is 23.3 Å². The van der Waals surface area contributed by atoms with Gasteiger partial charge in [0.05, 0.1) is 18.3 Å². The molecule has 7 atom stereocenters. The molecule has 4 N–H and O–H groups in total. The van der Waals surface area contributed by atoms with Crippen molar-refractivity contribution in [2.45, 2.75) is 115 Å². The van der Waals surface area contributed by atoms with Crippen LogP contribution in [0.2, 0.25) is 0 Å². The summed E-state index contributed by atoms with van der Waals surface area (Å²) in [6.07, 6.45) is 9.93. The van der Waals surface area contributed by atoms with E-state index in [0.29, 0.717) is 11.1 Å². The van der Waals surface area contributed by atoms with Crippen LogP contribution in [0.5, 0.6) is 0 Å². The van der Waals surface area contributed by atoms with E-state index in [-0.39, 0.29) is 31.8 Å². The highest BCUT2D eigenvalue weighted by Gasteiger charge is 2.85. The number of fused-ring (bicyclic) bond motifs is 5. The van der Waals surface area contributed by atoms with Crippen LogP contribution in [0.3, 0.4) is 0 Å². The number of carbonyl (C=O) groups excluding carboxylic acids is 2. The monoisotopic (exact) mass is 504 g/mol. The molecule has 0 unspecified atom stereocenters. The first kappa shape index (κ1) is 27.5. The van der Waals surface area contributed by atoms with Gasteiger partial charge in [0.1, 0.15) is 11.2 Å². The Morgan fingerprint density at radius 1 is 1.08 bits per heavy atom. The molecule has 0 radical (unpaired) electrons. The van der Waals surface area contributed by atoms with Gasteiger partial charge in [-0.3, -0.25) is 9.59 Å². The van der Waals surface area contributed by atoms with Gasteiger partial charge in [-0.1, -0.05) is 71.4 Å². The summed E-state index contributed by atoms with van der Waals surface area (Å²) in [5.74, 6) is -2.73. The van der Waals surface area contributed by atoms with Crippen molar-refractivity contribution in [2.24, 2.45) is 23.2 Å². The van der Waals surface area contributed by atoms with E-state index in [1.165, 1.54) is 25.7 Å². The Morgan fingerprint density at radius 2 is 1.72 bits per heavy atom. The van der Waals surface area contributed by atoms with Gasteiger partial charge in [0.2, 0.25) is 0 Å². The second-order valence-electron chi connectivity index (χ2n) is 12.3. The Bertz CT molecular complexity index is 951. The fourth-order valence-electron chi connectivity index (χ4n) is 7.80. The van der Waals surface area contributed by atoms with Crippen molar-refractivity contribution < 1.29 is 34.8 Å². The highest BCUT2D eigenvalue weighted by molar-refractivity contribution is 6.04. The van der Waals surface area contributed by atoms with E-state index < -0.39 is 51.9 Å². The fourth-order valence-corrected chi connectivity index (χ4v) is 7.80. The van der Waals surface area contributed by atoms with Gasteiger partial charge < -0.3 is 25.2 Å². The van der Waals surface area contributed by atoms with Crippen molar-refractivity contribution in [3.8, 4) is 0 Å². The summed E-state index contributed by atoms with van der Waals surface area (Å²) in [4.78, 5) is 25.8. The number of Topliss-reactive ketones (excluding diaryl/α,β-unsaturated/α-hetero) is 1. The standard InChI is InChI=1S/C29H44O7/c1-5-6-7-8-9-10-11-12-23(32)36-29-22(31)16-27(34)20(24(29)26(29,3)4)14-19(17-30)15-28(35)21(27)13-18(2)25(28)33/h13-14,20-22,24,30-31,34-35H,5-12,15-17H2,1-4H3/t20-,21+,22+,24-,27+,28+,29-/m0/s1. The molecular formula is C29H44O7.